The maximum absolute atomic E-state index is 12.6. The van der Waals surface area contributed by atoms with Gasteiger partial charge in [0.15, 0.2) is 5.82 Å². The van der Waals surface area contributed by atoms with E-state index in [1.54, 1.807) is 0 Å². The minimum Gasteiger partial charge on any atom is -0.339 e. The molecule has 1 amide bonds. The number of aryl methyl sites for hydroxylation is 2. The lowest BCUT2D eigenvalue weighted by Crippen LogP contribution is -2.26. The Hall–Kier alpha value is -2.17. The summed E-state index contributed by atoms with van der Waals surface area (Å²) in [6.07, 6.45) is 5.85. The van der Waals surface area contributed by atoms with Gasteiger partial charge in [-0.3, -0.25) is 4.79 Å². The molecule has 0 N–H and O–H groups in total. The largest absolute Gasteiger partial charge is 0.339 e. The summed E-state index contributed by atoms with van der Waals surface area (Å²) in [6, 6.07) is 6.35. The monoisotopic (exact) mass is 311 g/mol. The number of anilines is 1. The Labute approximate surface area is 135 Å². The summed E-state index contributed by atoms with van der Waals surface area (Å²) in [7, 11) is 0. The second-order valence-electron chi connectivity index (χ2n) is 6.43. The highest BCUT2D eigenvalue weighted by molar-refractivity contribution is 5.97. The predicted molar refractivity (Wildman–Crippen MR) is 86.5 cm³/mol. The molecule has 0 radical (unpaired) electrons. The van der Waals surface area contributed by atoms with Crippen LogP contribution < -0.4 is 4.90 Å². The number of amides is 1. The van der Waals surface area contributed by atoms with Crippen molar-refractivity contribution in [2.75, 3.05) is 11.4 Å². The first-order chi connectivity index (χ1) is 11.3. The lowest BCUT2D eigenvalue weighted by molar-refractivity contribution is -0.117. The molecule has 23 heavy (non-hydrogen) atoms. The molecule has 2 aliphatic rings. The first-order valence-corrected chi connectivity index (χ1v) is 8.50. The van der Waals surface area contributed by atoms with Crippen LogP contribution in [0, 0.1) is 0 Å². The minimum atomic E-state index is 0.00902. The number of fused-ring (bicyclic) bond motifs is 1. The topological polar surface area (TPSA) is 59.2 Å². The van der Waals surface area contributed by atoms with Crippen LogP contribution in [0.15, 0.2) is 22.7 Å². The molecule has 0 spiro atoms. The minimum absolute atomic E-state index is 0.00902. The van der Waals surface area contributed by atoms with Crippen LogP contribution in [-0.2, 0) is 24.1 Å². The molecule has 2 heterocycles. The molecule has 1 aromatic carbocycles. The zero-order valence-electron chi connectivity index (χ0n) is 13.4. The van der Waals surface area contributed by atoms with Gasteiger partial charge < -0.3 is 9.42 Å². The number of carbonyl (C=O) groups is 1. The van der Waals surface area contributed by atoms with E-state index < -0.39 is 0 Å². The average molecular weight is 311 g/mol. The smallest absolute Gasteiger partial charge is 0.232 e. The van der Waals surface area contributed by atoms with E-state index in [1.165, 1.54) is 24.0 Å². The van der Waals surface area contributed by atoms with Crippen molar-refractivity contribution in [3.8, 4) is 0 Å². The quantitative estimate of drug-likeness (QED) is 0.874. The molecular formula is C18H21N3O2. The van der Waals surface area contributed by atoms with Crippen molar-refractivity contribution in [3.05, 3.63) is 41.0 Å². The molecule has 1 aliphatic carbocycles. The van der Waals surface area contributed by atoms with Crippen LogP contribution in [0.4, 0.5) is 5.69 Å². The van der Waals surface area contributed by atoms with Crippen molar-refractivity contribution < 1.29 is 9.32 Å². The Morgan fingerprint density at radius 1 is 1.30 bits per heavy atom. The van der Waals surface area contributed by atoms with Crippen molar-refractivity contribution in [1.82, 2.24) is 10.1 Å². The van der Waals surface area contributed by atoms with Crippen LogP contribution in [0.1, 0.15) is 54.9 Å². The van der Waals surface area contributed by atoms with E-state index in [0.29, 0.717) is 24.7 Å². The van der Waals surface area contributed by atoms with E-state index in [0.717, 1.165) is 24.9 Å². The third-order valence-electron chi connectivity index (χ3n) is 4.94. The standard InChI is InChI=1S/C18H21N3O2/c1-2-16-19-18(23-20-16)13-10-17(22)21(11-13)15-9-5-7-12-6-3-4-8-14(12)15/h5,7,9,13H,2-4,6,8,10-11H2,1H3. The third-order valence-corrected chi connectivity index (χ3v) is 4.94. The molecule has 1 aliphatic heterocycles. The zero-order chi connectivity index (χ0) is 15.8. The molecule has 1 saturated heterocycles. The van der Waals surface area contributed by atoms with E-state index in [-0.39, 0.29) is 11.8 Å². The maximum Gasteiger partial charge on any atom is 0.232 e. The number of carbonyl (C=O) groups excluding carboxylic acids is 1. The Bertz CT molecular complexity index is 738. The number of benzene rings is 1. The fraction of sp³-hybridized carbons (Fsp3) is 0.500. The summed E-state index contributed by atoms with van der Waals surface area (Å²) < 4.78 is 5.34. The Morgan fingerprint density at radius 3 is 3.00 bits per heavy atom. The summed E-state index contributed by atoms with van der Waals surface area (Å²) in [6.45, 7) is 2.64. The highest BCUT2D eigenvalue weighted by Gasteiger charge is 2.36. The Balaban J connectivity index is 1.62. The fourth-order valence-corrected chi connectivity index (χ4v) is 3.70. The van der Waals surface area contributed by atoms with Crippen molar-refractivity contribution in [2.45, 2.75) is 51.4 Å². The molecule has 1 fully saturated rings. The molecule has 0 saturated carbocycles. The van der Waals surface area contributed by atoms with Gasteiger partial charge in [0.2, 0.25) is 11.8 Å². The fourth-order valence-electron chi connectivity index (χ4n) is 3.70. The van der Waals surface area contributed by atoms with E-state index in [9.17, 15) is 4.79 Å². The molecule has 1 aromatic heterocycles. The number of nitrogens with zero attached hydrogens (tertiary/aromatic N) is 3. The molecule has 5 heteroatoms. The predicted octanol–water partition coefficient (Wildman–Crippen LogP) is 3.03. The number of rotatable bonds is 3. The van der Waals surface area contributed by atoms with Gasteiger partial charge in [0.1, 0.15) is 0 Å². The van der Waals surface area contributed by atoms with Crippen LogP contribution in [0.25, 0.3) is 0 Å². The number of hydrogen-bond donors (Lipinski definition) is 0. The molecule has 4 rings (SSSR count). The molecule has 1 atom stereocenters. The third kappa shape index (κ3) is 2.54. The molecular weight excluding hydrogens is 290 g/mol. The van der Waals surface area contributed by atoms with Gasteiger partial charge in [0.05, 0.1) is 5.92 Å². The van der Waals surface area contributed by atoms with E-state index in [4.69, 9.17) is 4.52 Å². The first-order valence-electron chi connectivity index (χ1n) is 8.50. The molecule has 120 valence electrons. The summed E-state index contributed by atoms with van der Waals surface area (Å²) in [5, 5.41) is 3.96. The molecule has 5 nitrogen and oxygen atoms in total. The number of aromatic nitrogens is 2. The molecule has 2 aromatic rings. The summed E-state index contributed by atoms with van der Waals surface area (Å²) in [5.41, 5.74) is 3.84. The van der Waals surface area contributed by atoms with E-state index >= 15 is 0 Å². The SMILES string of the molecule is CCc1noc(C2CC(=O)N(c3cccc4c3CCCC4)C2)n1. The number of hydrogen-bond acceptors (Lipinski definition) is 4. The van der Waals surface area contributed by atoms with Gasteiger partial charge in [-0.2, -0.15) is 4.98 Å². The van der Waals surface area contributed by atoms with Gasteiger partial charge in [0.25, 0.3) is 0 Å². The van der Waals surface area contributed by atoms with Crippen LogP contribution in [0.2, 0.25) is 0 Å². The summed E-state index contributed by atoms with van der Waals surface area (Å²) in [5.74, 6) is 1.48. The van der Waals surface area contributed by atoms with Gasteiger partial charge in [0, 0.05) is 25.1 Å². The Kier molecular flexibility index (Phi) is 3.63. The van der Waals surface area contributed by atoms with Crippen molar-refractivity contribution >= 4 is 11.6 Å². The van der Waals surface area contributed by atoms with Gasteiger partial charge in [-0.1, -0.05) is 24.2 Å². The van der Waals surface area contributed by atoms with Gasteiger partial charge in [-0.15, -0.1) is 0 Å². The molecule has 1 unspecified atom stereocenters. The normalized spacial score (nSPS) is 20.8. The second kappa shape index (κ2) is 5.80. The highest BCUT2D eigenvalue weighted by atomic mass is 16.5. The first kappa shape index (κ1) is 14.4. The lowest BCUT2D eigenvalue weighted by atomic mass is 9.90. The second-order valence-corrected chi connectivity index (χ2v) is 6.43. The van der Waals surface area contributed by atoms with Crippen LogP contribution in [0.3, 0.4) is 0 Å². The van der Waals surface area contributed by atoms with Crippen molar-refractivity contribution in [2.24, 2.45) is 0 Å². The Morgan fingerprint density at radius 2 is 2.17 bits per heavy atom. The lowest BCUT2D eigenvalue weighted by Gasteiger charge is -2.25. The molecule has 0 bridgehead atoms. The average Bonchev–Trinajstić information content (AvgIpc) is 3.21. The van der Waals surface area contributed by atoms with Crippen LogP contribution >= 0.6 is 0 Å². The summed E-state index contributed by atoms with van der Waals surface area (Å²) >= 11 is 0. The van der Waals surface area contributed by atoms with Gasteiger partial charge in [-0.25, -0.2) is 0 Å². The zero-order valence-corrected chi connectivity index (χ0v) is 13.4. The maximum atomic E-state index is 12.6. The highest BCUT2D eigenvalue weighted by Crippen LogP contribution is 2.36. The van der Waals surface area contributed by atoms with Gasteiger partial charge >= 0.3 is 0 Å². The van der Waals surface area contributed by atoms with Crippen LogP contribution in [-0.4, -0.2) is 22.6 Å². The van der Waals surface area contributed by atoms with E-state index in [2.05, 4.69) is 28.3 Å². The summed E-state index contributed by atoms with van der Waals surface area (Å²) in [4.78, 5) is 18.9. The van der Waals surface area contributed by atoms with E-state index in [1.807, 2.05) is 11.8 Å². The van der Waals surface area contributed by atoms with Crippen LogP contribution in [0.5, 0.6) is 0 Å². The van der Waals surface area contributed by atoms with Crippen molar-refractivity contribution in [3.63, 3.8) is 0 Å². The van der Waals surface area contributed by atoms with Gasteiger partial charge in [-0.05, 0) is 42.9 Å². The van der Waals surface area contributed by atoms with Crippen molar-refractivity contribution in [1.29, 1.82) is 0 Å².